The highest BCUT2D eigenvalue weighted by atomic mass is 16.5. The van der Waals surface area contributed by atoms with Crippen LogP contribution in [0.5, 0.6) is 5.75 Å². The maximum atomic E-state index is 10.8. The molecule has 0 heterocycles. The lowest BCUT2D eigenvalue weighted by Crippen LogP contribution is -2.14. The normalized spacial score (nSPS) is 11.6. The third-order valence-electron chi connectivity index (χ3n) is 1.97. The number of aromatic carboxylic acids is 2. The molecule has 0 saturated carbocycles. The molecule has 0 bridgehead atoms. The zero-order valence-corrected chi connectivity index (χ0v) is 8.91. The Hall–Kier alpha value is -2.37. The van der Waals surface area contributed by atoms with Gasteiger partial charge in [0.1, 0.15) is 5.75 Å². The van der Waals surface area contributed by atoms with Crippen molar-refractivity contribution in [2.75, 3.05) is 0 Å². The van der Waals surface area contributed by atoms with E-state index in [1.54, 1.807) is 0 Å². The highest BCUT2D eigenvalue weighted by Gasteiger charge is 2.17. The molecule has 0 saturated heterocycles. The monoisotopic (exact) mass is 238 g/mol. The summed E-state index contributed by atoms with van der Waals surface area (Å²) in [7, 11) is 0. The van der Waals surface area contributed by atoms with Crippen LogP contribution in [0.3, 0.4) is 0 Å². The molecule has 0 aliphatic heterocycles. The van der Waals surface area contributed by atoms with Gasteiger partial charge in [-0.1, -0.05) is 0 Å². The average molecular weight is 238 g/mol. The van der Waals surface area contributed by atoms with Crippen molar-refractivity contribution in [1.29, 1.82) is 0 Å². The Morgan fingerprint density at radius 3 is 2.29 bits per heavy atom. The van der Waals surface area contributed by atoms with E-state index in [-0.39, 0.29) is 16.9 Å². The first-order valence-electron chi connectivity index (χ1n) is 4.68. The number of rotatable bonds is 5. The molecule has 0 fully saturated rings. The topological polar surface area (TPSA) is 101 Å². The Bertz CT molecular complexity index is 465. The summed E-state index contributed by atoms with van der Waals surface area (Å²) in [5, 5.41) is 17.6. The number of carbonyl (C=O) groups excluding carboxylic acids is 1. The molecule has 1 atom stereocenters. The van der Waals surface area contributed by atoms with Crippen LogP contribution in [0.25, 0.3) is 0 Å². The SMILES string of the molecule is CC(C=O)Oc1ccc(C(=O)O)c(C(=O)O)c1. The van der Waals surface area contributed by atoms with Crippen LogP contribution < -0.4 is 4.74 Å². The molecule has 0 aromatic heterocycles. The van der Waals surface area contributed by atoms with Crippen molar-refractivity contribution in [2.24, 2.45) is 0 Å². The minimum Gasteiger partial charge on any atom is -0.483 e. The molecule has 1 aromatic rings. The van der Waals surface area contributed by atoms with E-state index in [9.17, 15) is 14.4 Å². The van der Waals surface area contributed by atoms with E-state index in [2.05, 4.69) is 0 Å². The van der Waals surface area contributed by atoms with Crippen molar-refractivity contribution < 1.29 is 29.3 Å². The zero-order chi connectivity index (χ0) is 13.0. The van der Waals surface area contributed by atoms with E-state index in [0.29, 0.717) is 6.29 Å². The van der Waals surface area contributed by atoms with Crippen molar-refractivity contribution in [1.82, 2.24) is 0 Å². The van der Waals surface area contributed by atoms with Gasteiger partial charge in [-0.3, -0.25) is 4.79 Å². The van der Waals surface area contributed by atoms with E-state index < -0.39 is 18.0 Å². The van der Waals surface area contributed by atoms with E-state index in [0.717, 1.165) is 12.1 Å². The summed E-state index contributed by atoms with van der Waals surface area (Å²) >= 11 is 0. The Morgan fingerprint density at radius 2 is 1.82 bits per heavy atom. The molecule has 0 aliphatic rings. The highest BCUT2D eigenvalue weighted by molar-refractivity contribution is 6.02. The first kappa shape index (κ1) is 12.7. The third-order valence-corrected chi connectivity index (χ3v) is 1.97. The van der Waals surface area contributed by atoms with Crippen LogP contribution in [-0.2, 0) is 4.79 Å². The van der Waals surface area contributed by atoms with Crippen molar-refractivity contribution in [2.45, 2.75) is 13.0 Å². The molecule has 0 aliphatic carbocycles. The van der Waals surface area contributed by atoms with Crippen LogP contribution in [0, 0.1) is 0 Å². The molecule has 6 heteroatoms. The lowest BCUT2D eigenvalue weighted by Gasteiger charge is -2.10. The second-order valence-electron chi connectivity index (χ2n) is 3.28. The summed E-state index contributed by atoms with van der Waals surface area (Å²) in [4.78, 5) is 32.0. The van der Waals surface area contributed by atoms with Crippen molar-refractivity contribution >= 4 is 18.2 Å². The molecule has 90 valence electrons. The number of ether oxygens (including phenoxy) is 1. The fraction of sp³-hybridized carbons (Fsp3) is 0.182. The Morgan fingerprint density at radius 1 is 1.24 bits per heavy atom. The first-order valence-corrected chi connectivity index (χ1v) is 4.68. The molecule has 0 amide bonds. The second-order valence-corrected chi connectivity index (χ2v) is 3.28. The predicted octanol–water partition coefficient (Wildman–Crippen LogP) is 1.05. The molecule has 1 rings (SSSR count). The smallest absolute Gasteiger partial charge is 0.336 e. The highest BCUT2D eigenvalue weighted by Crippen LogP contribution is 2.19. The molecule has 2 N–H and O–H groups in total. The van der Waals surface area contributed by atoms with Gasteiger partial charge in [-0.15, -0.1) is 0 Å². The van der Waals surface area contributed by atoms with Gasteiger partial charge in [0, 0.05) is 0 Å². The predicted molar refractivity (Wildman–Crippen MR) is 56.5 cm³/mol. The van der Waals surface area contributed by atoms with Gasteiger partial charge < -0.3 is 14.9 Å². The van der Waals surface area contributed by atoms with Crippen molar-refractivity contribution in [3.8, 4) is 5.75 Å². The van der Waals surface area contributed by atoms with Gasteiger partial charge in [-0.2, -0.15) is 0 Å². The van der Waals surface area contributed by atoms with Crippen LogP contribution in [0.1, 0.15) is 27.6 Å². The van der Waals surface area contributed by atoms with Crippen molar-refractivity contribution in [3.05, 3.63) is 29.3 Å². The molecule has 0 radical (unpaired) electrons. The number of carboxylic acids is 2. The number of hydrogen-bond donors (Lipinski definition) is 2. The fourth-order valence-electron chi connectivity index (χ4n) is 1.20. The van der Waals surface area contributed by atoms with Gasteiger partial charge in [0.25, 0.3) is 0 Å². The zero-order valence-electron chi connectivity index (χ0n) is 8.91. The first-order chi connectivity index (χ1) is 7.95. The molecular weight excluding hydrogens is 228 g/mol. The lowest BCUT2D eigenvalue weighted by molar-refractivity contribution is -0.113. The Balaban J connectivity index is 3.14. The van der Waals surface area contributed by atoms with Gasteiger partial charge in [-0.25, -0.2) is 9.59 Å². The molecule has 1 aromatic carbocycles. The van der Waals surface area contributed by atoms with Crippen molar-refractivity contribution in [3.63, 3.8) is 0 Å². The number of aldehydes is 1. The van der Waals surface area contributed by atoms with E-state index >= 15 is 0 Å². The van der Waals surface area contributed by atoms with E-state index in [1.807, 2.05) is 0 Å². The van der Waals surface area contributed by atoms with Crippen LogP contribution >= 0.6 is 0 Å². The minimum atomic E-state index is -1.37. The number of carbonyl (C=O) groups is 3. The summed E-state index contributed by atoms with van der Waals surface area (Å²) < 4.78 is 5.06. The van der Waals surface area contributed by atoms with Gasteiger partial charge in [0.15, 0.2) is 12.4 Å². The van der Waals surface area contributed by atoms with Gasteiger partial charge >= 0.3 is 11.9 Å². The van der Waals surface area contributed by atoms with Crippen LogP contribution in [0.2, 0.25) is 0 Å². The van der Waals surface area contributed by atoms with Crippen LogP contribution in [0.15, 0.2) is 18.2 Å². The summed E-state index contributed by atoms with van der Waals surface area (Å²) in [6, 6.07) is 3.50. The summed E-state index contributed by atoms with van der Waals surface area (Å²) in [6.07, 6.45) is -0.182. The second kappa shape index (κ2) is 5.11. The van der Waals surface area contributed by atoms with Gasteiger partial charge in [-0.05, 0) is 25.1 Å². The van der Waals surface area contributed by atoms with Crippen LogP contribution in [0.4, 0.5) is 0 Å². The molecule has 17 heavy (non-hydrogen) atoms. The summed E-state index contributed by atoms with van der Waals surface area (Å²) in [6.45, 7) is 1.48. The molecule has 0 spiro atoms. The molecular formula is C11H10O6. The van der Waals surface area contributed by atoms with E-state index in [4.69, 9.17) is 14.9 Å². The summed E-state index contributed by atoms with van der Waals surface area (Å²) in [5.74, 6) is -2.57. The van der Waals surface area contributed by atoms with E-state index in [1.165, 1.54) is 13.0 Å². The third kappa shape index (κ3) is 3.04. The maximum absolute atomic E-state index is 10.8. The molecule has 6 nitrogen and oxygen atoms in total. The summed E-state index contributed by atoms with van der Waals surface area (Å²) in [5.41, 5.74) is -0.711. The fourth-order valence-corrected chi connectivity index (χ4v) is 1.20. The molecule has 1 unspecified atom stereocenters. The number of hydrogen-bond acceptors (Lipinski definition) is 4. The van der Waals surface area contributed by atoms with Gasteiger partial charge in [0.05, 0.1) is 11.1 Å². The van der Waals surface area contributed by atoms with Gasteiger partial charge in [0.2, 0.25) is 0 Å². The van der Waals surface area contributed by atoms with Crippen LogP contribution in [-0.4, -0.2) is 34.5 Å². The standard InChI is InChI=1S/C11H10O6/c1-6(5-12)17-7-2-3-8(10(13)14)9(4-7)11(15)16/h2-6H,1H3,(H,13,14)(H,15,16). The quantitative estimate of drug-likeness (QED) is 0.743. The maximum Gasteiger partial charge on any atom is 0.336 e. The largest absolute Gasteiger partial charge is 0.483 e. The number of benzene rings is 1. The average Bonchev–Trinajstić information content (AvgIpc) is 2.28. The Labute approximate surface area is 96.4 Å². The minimum absolute atomic E-state index is 0.131. The lowest BCUT2D eigenvalue weighted by atomic mass is 10.1. The number of carboxylic acid groups (broad SMARTS) is 2. The Kier molecular flexibility index (Phi) is 3.82.